The minimum atomic E-state index is -0.0186. The first-order valence-corrected chi connectivity index (χ1v) is 7.07. The first kappa shape index (κ1) is 12.4. The zero-order chi connectivity index (χ0) is 11.5. The van der Waals surface area contributed by atoms with Crippen LogP contribution in [0.2, 0.25) is 0 Å². The SMILES string of the molecule is CC1CCCC(N(C)C2CCC(O)CC2)C1. The molecule has 0 heterocycles. The number of hydrogen-bond acceptors (Lipinski definition) is 2. The van der Waals surface area contributed by atoms with Gasteiger partial charge in [-0.15, -0.1) is 0 Å². The topological polar surface area (TPSA) is 23.5 Å². The van der Waals surface area contributed by atoms with Gasteiger partial charge in [-0.2, -0.15) is 0 Å². The fraction of sp³-hybridized carbons (Fsp3) is 1.00. The van der Waals surface area contributed by atoms with Gasteiger partial charge in [0.1, 0.15) is 0 Å². The highest BCUT2D eigenvalue weighted by molar-refractivity contribution is 4.84. The molecule has 2 nitrogen and oxygen atoms in total. The summed E-state index contributed by atoms with van der Waals surface area (Å²) in [6, 6.07) is 1.54. The van der Waals surface area contributed by atoms with Gasteiger partial charge < -0.3 is 10.0 Å². The van der Waals surface area contributed by atoms with E-state index in [1.165, 1.54) is 38.5 Å². The summed E-state index contributed by atoms with van der Waals surface area (Å²) in [5.74, 6) is 0.912. The lowest BCUT2D eigenvalue weighted by molar-refractivity contribution is 0.0514. The van der Waals surface area contributed by atoms with Crippen molar-refractivity contribution in [2.45, 2.75) is 76.5 Å². The van der Waals surface area contributed by atoms with E-state index in [1.54, 1.807) is 0 Å². The van der Waals surface area contributed by atoms with E-state index in [0.717, 1.165) is 30.8 Å². The number of rotatable bonds is 2. The van der Waals surface area contributed by atoms with E-state index >= 15 is 0 Å². The summed E-state index contributed by atoms with van der Waals surface area (Å²) >= 11 is 0. The largest absolute Gasteiger partial charge is 0.393 e. The summed E-state index contributed by atoms with van der Waals surface area (Å²) in [6.07, 6.45) is 10.0. The number of nitrogens with zero attached hydrogens (tertiary/aromatic N) is 1. The zero-order valence-corrected chi connectivity index (χ0v) is 10.9. The van der Waals surface area contributed by atoms with Crippen LogP contribution in [0, 0.1) is 5.92 Å². The Kier molecular flexibility index (Phi) is 4.26. The van der Waals surface area contributed by atoms with Crippen molar-refractivity contribution < 1.29 is 5.11 Å². The van der Waals surface area contributed by atoms with E-state index in [0.29, 0.717) is 0 Å². The molecule has 1 N–H and O–H groups in total. The van der Waals surface area contributed by atoms with Crippen LogP contribution in [-0.2, 0) is 0 Å². The molecule has 2 rings (SSSR count). The van der Waals surface area contributed by atoms with Gasteiger partial charge in [0.25, 0.3) is 0 Å². The molecule has 0 aromatic carbocycles. The van der Waals surface area contributed by atoms with Crippen molar-refractivity contribution in [2.24, 2.45) is 5.92 Å². The van der Waals surface area contributed by atoms with Gasteiger partial charge in [0.15, 0.2) is 0 Å². The Hall–Kier alpha value is -0.0800. The highest BCUT2D eigenvalue weighted by atomic mass is 16.3. The summed E-state index contributed by atoms with van der Waals surface area (Å²) in [6.45, 7) is 2.39. The Morgan fingerprint density at radius 2 is 1.62 bits per heavy atom. The van der Waals surface area contributed by atoms with Crippen molar-refractivity contribution in [3.63, 3.8) is 0 Å². The predicted molar refractivity (Wildman–Crippen MR) is 67.4 cm³/mol. The normalized spacial score (nSPS) is 41.2. The van der Waals surface area contributed by atoms with Crippen molar-refractivity contribution >= 4 is 0 Å². The molecule has 2 aliphatic carbocycles. The molecule has 0 spiro atoms. The molecular formula is C14H27NO. The third-order valence-electron chi connectivity index (χ3n) is 4.73. The van der Waals surface area contributed by atoms with Gasteiger partial charge in [0, 0.05) is 12.1 Å². The first-order valence-electron chi connectivity index (χ1n) is 7.07. The maximum absolute atomic E-state index is 9.54. The summed E-state index contributed by atoms with van der Waals surface area (Å²) in [7, 11) is 2.31. The highest BCUT2D eigenvalue weighted by Gasteiger charge is 2.29. The molecule has 0 aromatic heterocycles. The van der Waals surface area contributed by atoms with Crippen molar-refractivity contribution in [2.75, 3.05) is 7.05 Å². The Bertz CT molecular complexity index is 211. The average Bonchev–Trinajstić information content (AvgIpc) is 2.29. The summed E-state index contributed by atoms with van der Waals surface area (Å²) in [5, 5.41) is 9.54. The first-order chi connectivity index (χ1) is 7.66. The summed E-state index contributed by atoms with van der Waals surface area (Å²) in [4.78, 5) is 2.63. The quantitative estimate of drug-likeness (QED) is 0.781. The van der Waals surface area contributed by atoms with Crippen LogP contribution in [0.1, 0.15) is 58.3 Å². The predicted octanol–water partition coefficient (Wildman–Crippen LogP) is 2.80. The van der Waals surface area contributed by atoms with Gasteiger partial charge >= 0.3 is 0 Å². The maximum Gasteiger partial charge on any atom is 0.0541 e. The summed E-state index contributed by atoms with van der Waals surface area (Å²) < 4.78 is 0. The second-order valence-electron chi connectivity index (χ2n) is 6.05. The van der Waals surface area contributed by atoms with Crippen molar-refractivity contribution in [1.82, 2.24) is 4.90 Å². The Balaban J connectivity index is 1.84. The highest BCUT2D eigenvalue weighted by Crippen LogP contribution is 2.31. The van der Waals surface area contributed by atoms with E-state index in [-0.39, 0.29) is 6.10 Å². The average molecular weight is 225 g/mol. The van der Waals surface area contributed by atoms with Gasteiger partial charge in [-0.05, 0) is 51.5 Å². The Morgan fingerprint density at radius 3 is 2.25 bits per heavy atom. The van der Waals surface area contributed by atoms with Crippen LogP contribution in [0.15, 0.2) is 0 Å². The molecule has 0 saturated heterocycles. The number of aliphatic hydroxyl groups excluding tert-OH is 1. The van der Waals surface area contributed by atoms with Gasteiger partial charge in [-0.1, -0.05) is 19.8 Å². The molecule has 0 aromatic rings. The van der Waals surface area contributed by atoms with Gasteiger partial charge in [0.2, 0.25) is 0 Å². The second kappa shape index (κ2) is 5.50. The van der Waals surface area contributed by atoms with Gasteiger partial charge in [0.05, 0.1) is 6.10 Å². The van der Waals surface area contributed by atoms with Crippen LogP contribution in [0.4, 0.5) is 0 Å². The molecular weight excluding hydrogens is 198 g/mol. The zero-order valence-electron chi connectivity index (χ0n) is 10.9. The smallest absolute Gasteiger partial charge is 0.0541 e. The monoisotopic (exact) mass is 225 g/mol. The molecule has 0 bridgehead atoms. The number of aliphatic hydroxyl groups is 1. The Morgan fingerprint density at radius 1 is 0.938 bits per heavy atom. The van der Waals surface area contributed by atoms with Gasteiger partial charge in [-0.25, -0.2) is 0 Å². The molecule has 16 heavy (non-hydrogen) atoms. The van der Waals surface area contributed by atoms with Crippen LogP contribution in [-0.4, -0.2) is 35.2 Å². The van der Waals surface area contributed by atoms with Crippen LogP contribution in [0.5, 0.6) is 0 Å². The van der Waals surface area contributed by atoms with Crippen LogP contribution in [0.25, 0.3) is 0 Å². The van der Waals surface area contributed by atoms with Crippen molar-refractivity contribution in [1.29, 1.82) is 0 Å². The van der Waals surface area contributed by atoms with E-state index in [9.17, 15) is 5.11 Å². The molecule has 2 saturated carbocycles. The Labute approximate surface area is 100 Å². The fourth-order valence-corrected chi connectivity index (χ4v) is 3.54. The van der Waals surface area contributed by atoms with E-state index in [4.69, 9.17) is 0 Å². The lowest BCUT2D eigenvalue weighted by Crippen LogP contribution is -2.44. The fourth-order valence-electron chi connectivity index (χ4n) is 3.54. The maximum atomic E-state index is 9.54. The van der Waals surface area contributed by atoms with Crippen LogP contribution < -0.4 is 0 Å². The van der Waals surface area contributed by atoms with Crippen molar-refractivity contribution in [3.8, 4) is 0 Å². The van der Waals surface area contributed by atoms with Gasteiger partial charge in [-0.3, -0.25) is 0 Å². The molecule has 2 atom stereocenters. The van der Waals surface area contributed by atoms with E-state index < -0.39 is 0 Å². The standard InChI is InChI=1S/C14H27NO/c1-11-4-3-5-13(10-11)15(2)12-6-8-14(16)9-7-12/h11-14,16H,3-10H2,1-2H3. The number of hydrogen-bond donors (Lipinski definition) is 1. The molecule has 2 fully saturated rings. The van der Waals surface area contributed by atoms with Crippen LogP contribution >= 0.6 is 0 Å². The molecule has 0 radical (unpaired) electrons. The van der Waals surface area contributed by atoms with Crippen molar-refractivity contribution in [3.05, 3.63) is 0 Å². The molecule has 2 heteroatoms. The molecule has 0 amide bonds. The third kappa shape index (κ3) is 2.98. The molecule has 94 valence electrons. The van der Waals surface area contributed by atoms with Crippen LogP contribution in [0.3, 0.4) is 0 Å². The van der Waals surface area contributed by atoms with E-state index in [2.05, 4.69) is 18.9 Å². The molecule has 2 aliphatic rings. The second-order valence-corrected chi connectivity index (χ2v) is 6.05. The lowest BCUT2D eigenvalue weighted by Gasteiger charge is -2.41. The minimum absolute atomic E-state index is 0.0186. The molecule has 0 aliphatic heterocycles. The lowest BCUT2D eigenvalue weighted by atomic mass is 9.84. The van der Waals surface area contributed by atoms with E-state index in [1.807, 2.05) is 0 Å². The molecule has 2 unspecified atom stereocenters. The summed E-state index contributed by atoms with van der Waals surface area (Å²) in [5.41, 5.74) is 0. The minimum Gasteiger partial charge on any atom is -0.393 e. The third-order valence-corrected chi connectivity index (χ3v) is 4.73.